The van der Waals surface area contributed by atoms with Crippen molar-refractivity contribution in [2.75, 3.05) is 18.1 Å². The summed E-state index contributed by atoms with van der Waals surface area (Å²) in [6.45, 7) is 4.58. The highest BCUT2D eigenvalue weighted by molar-refractivity contribution is 7.99. The predicted octanol–water partition coefficient (Wildman–Crippen LogP) is 1.59. The average Bonchev–Trinajstić information content (AvgIpc) is 2.35. The molecule has 0 bridgehead atoms. The van der Waals surface area contributed by atoms with Gasteiger partial charge in [0.15, 0.2) is 0 Å². The molecular formula is C12H18N2O4S2. The Hall–Kier alpha value is -1.25. The number of sulfonamides is 1. The smallest absolute Gasteiger partial charge is 0.337 e. The molecule has 1 rings (SSSR count). The van der Waals surface area contributed by atoms with Gasteiger partial charge in [0.05, 0.1) is 10.5 Å². The summed E-state index contributed by atoms with van der Waals surface area (Å²) in [6, 6.07) is 3.77. The lowest BCUT2D eigenvalue weighted by Gasteiger charge is -2.23. The molecule has 0 unspecified atom stereocenters. The molecule has 4 N–H and O–H groups in total. The summed E-state index contributed by atoms with van der Waals surface area (Å²) in [7, 11) is -3.92. The van der Waals surface area contributed by atoms with Gasteiger partial charge in [-0.15, -0.1) is 0 Å². The number of anilines is 1. The van der Waals surface area contributed by atoms with E-state index >= 15 is 0 Å². The van der Waals surface area contributed by atoms with Crippen LogP contribution in [0.5, 0.6) is 0 Å². The number of nitrogens with one attached hydrogen (secondary N) is 1. The van der Waals surface area contributed by atoms with Gasteiger partial charge in [0, 0.05) is 17.0 Å². The first-order valence-corrected chi connectivity index (χ1v) is 8.53. The number of hydrogen-bond donors (Lipinski definition) is 3. The Balaban J connectivity index is 3.12. The standard InChI is InChI=1S/C12H18N2O4S2/c1-12(2,19-3)7-14-10-5-4-8(20(13,17)18)6-9(10)11(15)16/h4-6,14H,7H2,1-3H3,(H,15,16)(H2,13,17,18). The fraction of sp³-hybridized carbons (Fsp3) is 0.417. The van der Waals surface area contributed by atoms with E-state index in [-0.39, 0.29) is 15.2 Å². The van der Waals surface area contributed by atoms with Crippen molar-refractivity contribution in [2.45, 2.75) is 23.5 Å². The molecule has 0 heterocycles. The monoisotopic (exact) mass is 318 g/mol. The SMILES string of the molecule is CSC(C)(C)CNc1ccc(S(N)(=O)=O)cc1C(=O)O. The number of rotatable bonds is 6. The largest absolute Gasteiger partial charge is 0.478 e. The molecule has 1 aromatic carbocycles. The van der Waals surface area contributed by atoms with Crippen LogP contribution in [0.3, 0.4) is 0 Å². The Kier molecular flexibility index (Phi) is 5.06. The molecule has 0 aliphatic heterocycles. The van der Waals surface area contributed by atoms with Gasteiger partial charge in [-0.1, -0.05) is 0 Å². The maximum absolute atomic E-state index is 11.2. The molecule has 0 aliphatic rings. The van der Waals surface area contributed by atoms with Crippen molar-refractivity contribution in [3.05, 3.63) is 23.8 Å². The quantitative estimate of drug-likeness (QED) is 0.735. The van der Waals surface area contributed by atoms with Crippen LogP contribution in [0.25, 0.3) is 0 Å². The summed E-state index contributed by atoms with van der Waals surface area (Å²) in [4.78, 5) is 11.0. The van der Waals surface area contributed by atoms with E-state index in [9.17, 15) is 13.2 Å². The van der Waals surface area contributed by atoms with Crippen molar-refractivity contribution < 1.29 is 18.3 Å². The summed E-state index contributed by atoms with van der Waals surface area (Å²) in [5.74, 6) is -1.21. The lowest BCUT2D eigenvalue weighted by molar-refractivity contribution is 0.0697. The molecule has 112 valence electrons. The molecule has 0 saturated heterocycles. The summed E-state index contributed by atoms with van der Waals surface area (Å²) in [6.07, 6.45) is 1.96. The second-order valence-corrected chi connectivity index (χ2v) is 7.95. The highest BCUT2D eigenvalue weighted by Gasteiger charge is 2.19. The zero-order valence-electron chi connectivity index (χ0n) is 11.5. The van der Waals surface area contributed by atoms with E-state index in [0.717, 1.165) is 6.07 Å². The molecule has 0 amide bonds. The van der Waals surface area contributed by atoms with Gasteiger partial charge in [0.2, 0.25) is 10.0 Å². The highest BCUT2D eigenvalue weighted by atomic mass is 32.2. The van der Waals surface area contributed by atoms with Crippen LogP contribution in [-0.4, -0.2) is 37.0 Å². The fourth-order valence-electron chi connectivity index (χ4n) is 1.41. The fourth-order valence-corrected chi connectivity index (χ4v) is 2.17. The van der Waals surface area contributed by atoms with Gasteiger partial charge in [-0.2, -0.15) is 11.8 Å². The molecule has 0 aliphatic carbocycles. The van der Waals surface area contributed by atoms with Gasteiger partial charge >= 0.3 is 5.97 Å². The molecule has 0 radical (unpaired) electrons. The molecule has 6 nitrogen and oxygen atoms in total. The summed E-state index contributed by atoms with van der Waals surface area (Å²) in [5, 5.41) is 17.2. The maximum Gasteiger partial charge on any atom is 0.337 e. The average molecular weight is 318 g/mol. The third-order valence-corrected chi connectivity index (χ3v) is 4.97. The Morgan fingerprint density at radius 3 is 2.50 bits per heavy atom. The van der Waals surface area contributed by atoms with E-state index < -0.39 is 16.0 Å². The van der Waals surface area contributed by atoms with Gasteiger partial charge in [-0.05, 0) is 38.3 Å². The second-order valence-electron chi connectivity index (χ2n) is 4.87. The Morgan fingerprint density at radius 2 is 2.05 bits per heavy atom. The number of hydrogen-bond acceptors (Lipinski definition) is 5. The van der Waals surface area contributed by atoms with Crippen molar-refractivity contribution >= 4 is 33.4 Å². The van der Waals surface area contributed by atoms with Gasteiger partial charge in [0.25, 0.3) is 0 Å². The van der Waals surface area contributed by atoms with Crippen LogP contribution >= 0.6 is 11.8 Å². The van der Waals surface area contributed by atoms with Crippen LogP contribution in [0, 0.1) is 0 Å². The Morgan fingerprint density at radius 1 is 1.45 bits per heavy atom. The minimum atomic E-state index is -3.92. The van der Waals surface area contributed by atoms with Gasteiger partial charge in [-0.25, -0.2) is 18.4 Å². The topological polar surface area (TPSA) is 109 Å². The third-order valence-electron chi connectivity index (χ3n) is 2.81. The van der Waals surface area contributed by atoms with Crippen LogP contribution < -0.4 is 10.5 Å². The molecule has 1 aromatic rings. The molecule has 0 saturated carbocycles. The molecule has 20 heavy (non-hydrogen) atoms. The van der Waals surface area contributed by atoms with Gasteiger partial charge in [-0.3, -0.25) is 0 Å². The van der Waals surface area contributed by atoms with Crippen molar-refractivity contribution in [1.29, 1.82) is 0 Å². The lowest BCUT2D eigenvalue weighted by Crippen LogP contribution is -2.26. The number of carbonyl (C=O) groups is 1. The number of primary sulfonamides is 1. The number of carboxylic acid groups (broad SMARTS) is 1. The van der Waals surface area contributed by atoms with Crippen LogP contribution in [-0.2, 0) is 10.0 Å². The zero-order valence-corrected chi connectivity index (χ0v) is 13.1. The van der Waals surface area contributed by atoms with Gasteiger partial charge < -0.3 is 10.4 Å². The van der Waals surface area contributed by atoms with Crippen LogP contribution in [0.15, 0.2) is 23.1 Å². The lowest BCUT2D eigenvalue weighted by atomic mass is 10.1. The van der Waals surface area contributed by atoms with E-state index in [1.807, 2.05) is 20.1 Å². The first-order valence-electron chi connectivity index (χ1n) is 5.76. The van der Waals surface area contributed by atoms with Crippen molar-refractivity contribution in [3.63, 3.8) is 0 Å². The van der Waals surface area contributed by atoms with Crippen molar-refractivity contribution in [3.8, 4) is 0 Å². The normalized spacial score (nSPS) is 12.2. The summed E-state index contributed by atoms with van der Waals surface area (Å²) < 4.78 is 22.4. The number of thioether (sulfide) groups is 1. The number of nitrogens with two attached hydrogens (primary N) is 1. The Labute approximate surface area is 122 Å². The first kappa shape index (κ1) is 16.8. The highest BCUT2D eigenvalue weighted by Crippen LogP contribution is 2.24. The molecule has 0 fully saturated rings. The first-order chi connectivity index (χ1) is 9.07. The number of aromatic carboxylic acids is 1. The molecule has 0 atom stereocenters. The number of carboxylic acids is 1. The predicted molar refractivity (Wildman–Crippen MR) is 80.9 cm³/mol. The summed E-state index contributed by atoms with van der Waals surface area (Å²) >= 11 is 1.64. The zero-order chi connectivity index (χ0) is 15.6. The Bertz CT molecular complexity index is 612. The van der Waals surface area contributed by atoms with E-state index in [1.54, 1.807) is 11.8 Å². The van der Waals surface area contributed by atoms with E-state index in [1.165, 1.54) is 12.1 Å². The number of benzene rings is 1. The third kappa shape index (κ3) is 4.39. The molecule has 8 heteroatoms. The minimum Gasteiger partial charge on any atom is -0.478 e. The minimum absolute atomic E-state index is 0.0750. The van der Waals surface area contributed by atoms with Crippen molar-refractivity contribution in [2.24, 2.45) is 5.14 Å². The van der Waals surface area contributed by atoms with Crippen LogP contribution in [0.2, 0.25) is 0 Å². The maximum atomic E-state index is 11.2. The van der Waals surface area contributed by atoms with Gasteiger partial charge in [0.1, 0.15) is 0 Å². The van der Waals surface area contributed by atoms with Crippen LogP contribution in [0.4, 0.5) is 5.69 Å². The molecule has 0 spiro atoms. The van der Waals surface area contributed by atoms with Crippen molar-refractivity contribution in [1.82, 2.24) is 0 Å². The molecule has 0 aromatic heterocycles. The summed E-state index contributed by atoms with van der Waals surface area (Å²) in [5.41, 5.74) is 0.250. The second kappa shape index (κ2) is 6.02. The van der Waals surface area contributed by atoms with E-state index in [2.05, 4.69) is 5.32 Å². The molecular weight excluding hydrogens is 300 g/mol. The van der Waals surface area contributed by atoms with E-state index in [0.29, 0.717) is 12.2 Å². The van der Waals surface area contributed by atoms with Crippen LogP contribution in [0.1, 0.15) is 24.2 Å². The van der Waals surface area contributed by atoms with E-state index in [4.69, 9.17) is 10.2 Å².